The van der Waals surface area contributed by atoms with Crippen LogP contribution in [0.3, 0.4) is 0 Å². The number of hydrogen-bond acceptors (Lipinski definition) is 2. The summed E-state index contributed by atoms with van der Waals surface area (Å²) < 4.78 is 0. The molecule has 0 aromatic heterocycles. The second-order valence-corrected chi connectivity index (χ2v) is 3.21. The molecule has 0 saturated heterocycles. The predicted octanol–water partition coefficient (Wildman–Crippen LogP) is 2.02. The molecular weight excluding hydrogens is 199 g/mol. The Labute approximate surface area is 80.4 Å². The highest BCUT2D eigenvalue weighted by atomic mass is 35.5. The van der Waals surface area contributed by atoms with E-state index in [1.54, 1.807) is 12.1 Å². The molecule has 2 nitrogen and oxygen atoms in total. The number of aliphatic hydroxyl groups excluding tert-OH is 2. The lowest BCUT2D eigenvalue weighted by atomic mass is 10.1. The van der Waals surface area contributed by atoms with Crippen LogP contribution in [-0.4, -0.2) is 16.8 Å². The highest BCUT2D eigenvalue weighted by Crippen LogP contribution is 2.25. The number of hydrogen-bond donors (Lipinski definition) is 2. The monoisotopic (exact) mass is 206 g/mol. The van der Waals surface area contributed by atoms with Crippen molar-refractivity contribution in [2.45, 2.75) is 6.10 Å². The van der Waals surface area contributed by atoms with Crippen molar-refractivity contribution in [2.24, 2.45) is 0 Å². The molecule has 1 rings (SSSR count). The fourth-order valence-corrected chi connectivity index (χ4v) is 1.40. The maximum atomic E-state index is 9.22. The Morgan fingerprint density at radius 2 is 2.00 bits per heavy atom. The lowest BCUT2D eigenvalue weighted by Gasteiger charge is -2.09. The zero-order chi connectivity index (χ0) is 9.14. The van der Waals surface area contributed by atoms with Crippen LogP contribution in [-0.2, 0) is 0 Å². The zero-order valence-electron chi connectivity index (χ0n) is 6.17. The Morgan fingerprint density at radius 1 is 1.33 bits per heavy atom. The van der Waals surface area contributed by atoms with Gasteiger partial charge in [0, 0.05) is 15.6 Å². The summed E-state index contributed by atoms with van der Waals surface area (Å²) in [6.45, 7) is -0.346. The molecular formula is C8H8Cl2O2. The van der Waals surface area contributed by atoms with E-state index in [0.717, 1.165) is 0 Å². The van der Waals surface area contributed by atoms with Gasteiger partial charge < -0.3 is 10.2 Å². The summed E-state index contributed by atoms with van der Waals surface area (Å²) in [6.07, 6.45) is -0.935. The number of halogens is 2. The second-order valence-electron chi connectivity index (χ2n) is 2.36. The minimum atomic E-state index is -0.935. The molecule has 0 amide bonds. The largest absolute Gasteiger partial charge is 0.393 e. The van der Waals surface area contributed by atoms with E-state index in [0.29, 0.717) is 15.6 Å². The molecule has 0 saturated carbocycles. The molecule has 0 fully saturated rings. The normalized spacial score (nSPS) is 13.0. The average molecular weight is 207 g/mol. The first kappa shape index (κ1) is 9.81. The molecule has 66 valence electrons. The third kappa shape index (κ3) is 2.11. The van der Waals surface area contributed by atoms with Crippen LogP contribution in [0.2, 0.25) is 10.0 Å². The van der Waals surface area contributed by atoms with Gasteiger partial charge in [0.25, 0.3) is 0 Å². The number of aliphatic hydroxyl groups is 2. The molecule has 0 radical (unpaired) electrons. The fraction of sp³-hybridized carbons (Fsp3) is 0.250. The van der Waals surface area contributed by atoms with Gasteiger partial charge in [-0.1, -0.05) is 29.3 Å². The standard InChI is InChI=1S/C8H8Cl2O2/c9-5-1-2-6(7(10)3-5)8(12)4-11/h1-3,8,11-12H,4H2/t8-/m1/s1. The molecule has 1 atom stereocenters. The molecule has 0 unspecified atom stereocenters. The van der Waals surface area contributed by atoms with Crippen molar-refractivity contribution in [3.63, 3.8) is 0 Å². The van der Waals surface area contributed by atoms with Gasteiger partial charge in [-0.05, 0) is 12.1 Å². The van der Waals surface area contributed by atoms with Crippen LogP contribution < -0.4 is 0 Å². The van der Waals surface area contributed by atoms with Gasteiger partial charge in [-0.25, -0.2) is 0 Å². The fourth-order valence-electron chi connectivity index (χ4n) is 0.870. The Morgan fingerprint density at radius 3 is 2.50 bits per heavy atom. The first-order valence-electron chi connectivity index (χ1n) is 3.39. The molecule has 0 aliphatic rings. The molecule has 0 aliphatic heterocycles. The summed E-state index contributed by atoms with van der Waals surface area (Å²) in [5.41, 5.74) is 0.489. The molecule has 0 heterocycles. The minimum Gasteiger partial charge on any atom is -0.393 e. The van der Waals surface area contributed by atoms with E-state index >= 15 is 0 Å². The molecule has 2 N–H and O–H groups in total. The zero-order valence-corrected chi connectivity index (χ0v) is 7.68. The van der Waals surface area contributed by atoms with Crippen molar-refractivity contribution in [3.8, 4) is 0 Å². The van der Waals surface area contributed by atoms with E-state index in [2.05, 4.69) is 0 Å². The van der Waals surface area contributed by atoms with Gasteiger partial charge >= 0.3 is 0 Å². The smallest absolute Gasteiger partial charge is 0.103 e. The summed E-state index contributed by atoms with van der Waals surface area (Å²) in [5, 5.41) is 18.7. The van der Waals surface area contributed by atoms with Crippen LogP contribution in [0.25, 0.3) is 0 Å². The first-order chi connectivity index (χ1) is 5.65. The molecule has 1 aromatic carbocycles. The van der Waals surface area contributed by atoms with Gasteiger partial charge in [-0.2, -0.15) is 0 Å². The van der Waals surface area contributed by atoms with Crippen molar-refractivity contribution in [1.82, 2.24) is 0 Å². The van der Waals surface area contributed by atoms with E-state index in [4.69, 9.17) is 28.3 Å². The van der Waals surface area contributed by atoms with Gasteiger partial charge in [0.2, 0.25) is 0 Å². The SMILES string of the molecule is OC[C@@H](O)c1ccc(Cl)cc1Cl. The van der Waals surface area contributed by atoms with Crippen LogP contribution in [0.4, 0.5) is 0 Å². The number of rotatable bonds is 2. The highest BCUT2D eigenvalue weighted by Gasteiger charge is 2.09. The Balaban J connectivity index is 3.01. The van der Waals surface area contributed by atoms with E-state index in [1.807, 2.05) is 0 Å². The molecule has 0 aliphatic carbocycles. The van der Waals surface area contributed by atoms with E-state index in [9.17, 15) is 5.11 Å². The second kappa shape index (κ2) is 4.10. The summed E-state index contributed by atoms with van der Waals surface area (Å²) in [5.74, 6) is 0. The van der Waals surface area contributed by atoms with E-state index in [-0.39, 0.29) is 6.61 Å². The number of benzene rings is 1. The van der Waals surface area contributed by atoms with Gasteiger partial charge in [-0.15, -0.1) is 0 Å². The maximum Gasteiger partial charge on any atom is 0.103 e. The molecule has 4 heteroatoms. The summed E-state index contributed by atoms with van der Waals surface area (Å²) >= 11 is 11.4. The van der Waals surface area contributed by atoms with E-state index in [1.165, 1.54) is 6.07 Å². The topological polar surface area (TPSA) is 40.5 Å². The third-order valence-electron chi connectivity index (χ3n) is 1.49. The predicted molar refractivity (Wildman–Crippen MR) is 48.5 cm³/mol. The minimum absolute atomic E-state index is 0.346. The quantitative estimate of drug-likeness (QED) is 0.778. The summed E-state index contributed by atoms with van der Waals surface area (Å²) in [6, 6.07) is 4.73. The van der Waals surface area contributed by atoms with Crippen LogP contribution in [0.5, 0.6) is 0 Å². The Hall–Kier alpha value is -0.280. The highest BCUT2D eigenvalue weighted by molar-refractivity contribution is 6.35. The van der Waals surface area contributed by atoms with Crippen molar-refractivity contribution in [2.75, 3.05) is 6.61 Å². The summed E-state index contributed by atoms with van der Waals surface area (Å²) in [7, 11) is 0. The van der Waals surface area contributed by atoms with Gasteiger partial charge in [-0.3, -0.25) is 0 Å². The Kier molecular flexibility index (Phi) is 3.35. The summed E-state index contributed by atoms with van der Waals surface area (Å²) in [4.78, 5) is 0. The van der Waals surface area contributed by atoms with Crippen LogP contribution >= 0.6 is 23.2 Å². The first-order valence-corrected chi connectivity index (χ1v) is 4.14. The van der Waals surface area contributed by atoms with Gasteiger partial charge in [0.1, 0.15) is 6.10 Å². The average Bonchev–Trinajstić information content (AvgIpc) is 2.03. The Bertz CT molecular complexity index is 276. The van der Waals surface area contributed by atoms with Gasteiger partial charge in [0.05, 0.1) is 6.61 Å². The third-order valence-corrected chi connectivity index (χ3v) is 2.06. The van der Waals surface area contributed by atoms with Gasteiger partial charge in [0.15, 0.2) is 0 Å². The van der Waals surface area contributed by atoms with Crippen LogP contribution in [0.1, 0.15) is 11.7 Å². The van der Waals surface area contributed by atoms with Crippen LogP contribution in [0, 0.1) is 0 Å². The lowest BCUT2D eigenvalue weighted by Crippen LogP contribution is -2.02. The van der Waals surface area contributed by atoms with Crippen molar-refractivity contribution < 1.29 is 10.2 Å². The lowest BCUT2D eigenvalue weighted by molar-refractivity contribution is 0.0957. The van der Waals surface area contributed by atoms with Crippen molar-refractivity contribution in [1.29, 1.82) is 0 Å². The molecule has 12 heavy (non-hydrogen) atoms. The molecule has 1 aromatic rings. The van der Waals surface area contributed by atoms with E-state index < -0.39 is 6.10 Å². The molecule has 0 spiro atoms. The van der Waals surface area contributed by atoms with Crippen molar-refractivity contribution in [3.05, 3.63) is 33.8 Å². The maximum absolute atomic E-state index is 9.22. The van der Waals surface area contributed by atoms with Crippen molar-refractivity contribution >= 4 is 23.2 Å². The molecule has 0 bridgehead atoms. The van der Waals surface area contributed by atoms with Crippen LogP contribution in [0.15, 0.2) is 18.2 Å².